The fraction of sp³-hybridized carbons (Fsp3) is 0.348. The van der Waals surface area contributed by atoms with Gasteiger partial charge in [0.25, 0.3) is 0 Å². The van der Waals surface area contributed by atoms with Crippen LogP contribution < -0.4 is 10.1 Å². The molecule has 1 saturated heterocycles. The van der Waals surface area contributed by atoms with Gasteiger partial charge < -0.3 is 15.0 Å². The molecule has 1 atom stereocenters. The van der Waals surface area contributed by atoms with Crippen molar-refractivity contribution in [3.05, 3.63) is 65.6 Å². The van der Waals surface area contributed by atoms with Crippen LogP contribution in [-0.2, 0) is 6.42 Å². The van der Waals surface area contributed by atoms with Crippen LogP contribution in [0.25, 0.3) is 5.82 Å². The smallest absolute Gasteiger partial charge is 0.322 e. The van der Waals surface area contributed by atoms with E-state index in [4.69, 9.17) is 4.74 Å². The van der Waals surface area contributed by atoms with E-state index in [1.807, 2.05) is 55.1 Å². The average molecular weight is 406 g/mol. The van der Waals surface area contributed by atoms with E-state index in [2.05, 4.69) is 21.5 Å². The largest absolute Gasteiger partial charge is 0.497 e. The molecule has 156 valence electrons. The van der Waals surface area contributed by atoms with E-state index in [1.54, 1.807) is 18.0 Å². The molecule has 1 aliphatic rings. The highest BCUT2D eigenvalue weighted by atomic mass is 16.5. The second-order valence-corrected chi connectivity index (χ2v) is 7.72. The number of hydrogen-bond acceptors (Lipinski definition) is 4. The molecule has 3 aromatic rings. The van der Waals surface area contributed by atoms with Crippen molar-refractivity contribution in [1.82, 2.24) is 19.7 Å². The summed E-state index contributed by atoms with van der Waals surface area (Å²) in [4.78, 5) is 19.3. The molecule has 0 saturated carbocycles. The highest BCUT2D eigenvalue weighted by molar-refractivity contribution is 5.89. The number of anilines is 1. The number of aromatic nitrogens is 3. The van der Waals surface area contributed by atoms with Gasteiger partial charge in [-0.2, -0.15) is 5.10 Å². The minimum absolute atomic E-state index is 0.0824. The predicted octanol–water partition coefficient (Wildman–Crippen LogP) is 4.13. The Balaban J connectivity index is 1.41. The summed E-state index contributed by atoms with van der Waals surface area (Å²) in [5.41, 5.74) is 3.82. The van der Waals surface area contributed by atoms with Crippen molar-refractivity contribution in [3.8, 4) is 11.6 Å². The van der Waals surface area contributed by atoms with Crippen molar-refractivity contribution in [2.75, 3.05) is 19.0 Å². The first-order valence-electron chi connectivity index (χ1n) is 10.2. The normalized spacial score (nSPS) is 16.0. The summed E-state index contributed by atoms with van der Waals surface area (Å²) in [6, 6.07) is 13.9. The summed E-state index contributed by atoms with van der Waals surface area (Å²) in [6.07, 6.45) is 4.51. The number of ether oxygens (including phenoxy) is 1. The highest BCUT2D eigenvalue weighted by Crippen LogP contribution is 2.24. The number of carbonyl (C=O) groups is 1. The predicted molar refractivity (Wildman–Crippen MR) is 116 cm³/mol. The number of urea groups is 1. The number of methoxy groups -OCH3 is 1. The van der Waals surface area contributed by atoms with Crippen LogP contribution >= 0.6 is 0 Å². The maximum absolute atomic E-state index is 12.9. The van der Waals surface area contributed by atoms with Gasteiger partial charge in [-0.25, -0.2) is 14.5 Å². The van der Waals surface area contributed by atoms with Crippen LogP contribution in [0.2, 0.25) is 0 Å². The van der Waals surface area contributed by atoms with Gasteiger partial charge in [0.05, 0.1) is 24.7 Å². The van der Waals surface area contributed by atoms with E-state index in [9.17, 15) is 4.79 Å². The SMILES string of the molecule is COc1cccc(CC2CCCN2C(=O)Nc2ccc(-n3nc(C)cc3C)nc2)c1. The summed E-state index contributed by atoms with van der Waals surface area (Å²) in [5.74, 6) is 1.57. The zero-order valence-electron chi connectivity index (χ0n) is 17.6. The second-order valence-electron chi connectivity index (χ2n) is 7.72. The van der Waals surface area contributed by atoms with Gasteiger partial charge in [0.2, 0.25) is 0 Å². The number of amides is 2. The van der Waals surface area contributed by atoms with Gasteiger partial charge in [0.15, 0.2) is 5.82 Å². The molecule has 0 spiro atoms. The first-order chi connectivity index (χ1) is 14.5. The Kier molecular flexibility index (Phi) is 5.70. The standard InChI is InChI=1S/C23H27N5O2/c1-16-12-17(2)28(26-16)22-10-9-19(15-24-22)25-23(29)27-11-5-7-20(27)13-18-6-4-8-21(14-18)30-3/h4,6,8-10,12,14-15,20H,5,7,11,13H2,1-3H3,(H,25,29). The summed E-state index contributed by atoms with van der Waals surface area (Å²) in [5, 5.41) is 7.44. The van der Waals surface area contributed by atoms with Crippen LogP contribution in [0.3, 0.4) is 0 Å². The molecule has 0 aliphatic carbocycles. The molecule has 7 nitrogen and oxygen atoms in total. The third-order valence-corrected chi connectivity index (χ3v) is 5.47. The number of carbonyl (C=O) groups excluding carboxylic acids is 1. The van der Waals surface area contributed by atoms with Crippen LogP contribution in [0.4, 0.5) is 10.5 Å². The van der Waals surface area contributed by atoms with Gasteiger partial charge in [-0.05, 0) is 69.0 Å². The number of nitrogens with zero attached hydrogens (tertiary/aromatic N) is 4. The van der Waals surface area contributed by atoms with E-state index < -0.39 is 0 Å². The topological polar surface area (TPSA) is 72.3 Å². The lowest BCUT2D eigenvalue weighted by molar-refractivity contribution is 0.206. The number of aryl methyl sites for hydroxylation is 2. The molecule has 2 aromatic heterocycles. The number of nitrogens with one attached hydrogen (secondary N) is 1. The van der Waals surface area contributed by atoms with Crippen LogP contribution in [0.1, 0.15) is 29.8 Å². The minimum Gasteiger partial charge on any atom is -0.497 e. The molecule has 0 radical (unpaired) electrons. The number of hydrogen-bond donors (Lipinski definition) is 1. The Morgan fingerprint density at radius 3 is 2.80 bits per heavy atom. The van der Waals surface area contributed by atoms with Crippen LogP contribution in [0.5, 0.6) is 5.75 Å². The van der Waals surface area contributed by atoms with E-state index in [0.29, 0.717) is 5.69 Å². The molecule has 4 rings (SSSR count). The number of pyridine rings is 1. The van der Waals surface area contributed by atoms with Gasteiger partial charge in [-0.1, -0.05) is 12.1 Å². The number of rotatable bonds is 5. The first kappa shape index (κ1) is 19.9. The quantitative estimate of drug-likeness (QED) is 0.693. The molecule has 1 aromatic carbocycles. The molecule has 1 fully saturated rings. The zero-order valence-corrected chi connectivity index (χ0v) is 17.6. The lowest BCUT2D eigenvalue weighted by Gasteiger charge is -2.25. The molecular formula is C23H27N5O2. The first-order valence-corrected chi connectivity index (χ1v) is 10.2. The molecule has 1 aliphatic heterocycles. The van der Waals surface area contributed by atoms with Crippen LogP contribution in [0, 0.1) is 13.8 Å². The fourth-order valence-electron chi connectivity index (χ4n) is 4.03. The molecule has 2 amide bonds. The van der Waals surface area contributed by atoms with Crippen LogP contribution in [0.15, 0.2) is 48.7 Å². The van der Waals surface area contributed by atoms with Gasteiger partial charge in [0.1, 0.15) is 5.75 Å². The maximum atomic E-state index is 12.9. The van der Waals surface area contributed by atoms with Crippen molar-refractivity contribution in [3.63, 3.8) is 0 Å². The van der Waals surface area contributed by atoms with E-state index in [1.165, 1.54) is 5.56 Å². The summed E-state index contributed by atoms with van der Waals surface area (Å²) in [7, 11) is 1.67. The Morgan fingerprint density at radius 1 is 1.23 bits per heavy atom. The van der Waals surface area contributed by atoms with Crippen molar-refractivity contribution in [1.29, 1.82) is 0 Å². The van der Waals surface area contributed by atoms with Crippen molar-refractivity contribution in [2.24, 2.45) is 0 Å². The van der Waals surface area contributed by atoms with E-state index in [-0.39, 0.29) is 12.1 Å². The fourth-order valence-corrected chi connectivity index (χ4v) is 4.03. The third-order valence-electron chi connectivity index (χ3n) is 5.47. The average Bonchev–Trinajstić information content (AvgIpc) is 3.34. The Bertz CT molecular complexity index is 1030. The molecule has 3 heterocycles. The number of benzene rings is 1. The summed E-state index contributed by atoms with van der Waals surface area (Å²) < 4.78 is 7.11. The Hall–Kier alpha value is -3.35. The van der Waals surface area contributed by atoms with Gasteiger partial charge in [0, 0.05) is 18.3 Å². The lowest BCUT2D eigenvalue weighted by atomic mass is 10.0. The second kappa shape index (κ2) is 8.57. The van der Waals surface area contributed by atoms with Crippen molar-refractivity contribution < 1.29 is 9.53 Å². The molecule has 1 N–H and O–H groups in total. The van der Waals surface area contributed by atoms with Crippen LogP contribution in [-0.4, -0.2) is 45.4 Å². The number of likely N-dealkylation sites (tertiary alicyclic amines) is 1. The molecule has 1 unspecified atom stereocenters. The van der Waals surface area contributed by atoms with Gasteiger partial charge in [-0.3, -0.25) is 0 Å². The lowest BCUT2D eigenvalue weighted by Crippen LogP contribution is -2.39. The van der Waals surface area contributed by atoms with Crippen molar-refractivity contribution in [2.45, 2.75) is 39.2 Å². The zero-order chi connectivity index (χ0) is 21.1. The molecule has 30 heavy (non-hydrogen) atoms. The minimum atomic E-state index is -0.0824. The third kappa shape index (κ3) is 4.30. The monoisotopic (exact) mass is 405 g/mol. The van der Waals surface area contributed by atoms with Crippen molar-refractivity contribution >= 4 is 11.7 Å². The molecule has 0 bridgehead atoms. The van der Waals surface area contributed by atoms with Gasteiger partial charge >= 0.3 is 6.03 Å². The van der Waals surface area contributed by atoms with Gasteiger partial charge in [-0.15, -0.1) is 0 Å². The van der Waals surface area contributed by atoms with E-state index in [0.717, 1.165) is 48.8 Å². The highest BCUT2D eigenvalue weighted by Gasteiger charge is 2.29. The molecular weight excluding hydrogens is 378 g/mol. The summed E-state index contributed by atoms with van der Waals surface area (Å²) in [6.45, 7) is 4.71. The molecule has 7 heteroatoms. The summed E-state index contributed by atoms with van der Waals surface area (Å²) >= 11 is 0. The maximum Gasteiger partial charge on any atom is 0.322 e. The Morgan fingerprint density at radius 2 is 2.10 bits per heavy atom. The van der Waals surface area contributed by atoms with E-state index >= 15 is 0 Å². The Labute approximate surface area is 176 Å².